The van der Waals surface area contributed by atoms with Gasteiger partial charge in [-0.25, -0.2) is 0 Å². The Morgan fingerprint density at radius 1 is 1.45 bits per heavy atom. The van der Waals surface area contributed by atoms with Crippen LogP contribution in [0.15, 0.2) is 23.0 Å². The van der Waals surface area contributed by atoms with E-state index >= 15 is 0 Å². The molecule has 0 aliphatic rings. The smallest absolute Gasteiger partial charge is 0.240 e. The maximum Gasteiger partial charge on any atom is 0.240 e. The highest BCUT2D eigenvalue weighted by Crippen LogP contribution is 2.23. The highest BCUT2D eigenvalue weighted by Gasteiger charge is 2.20. The molecule has 0 aromatic carbocycles. The van der Waals surface area contributed by atoms with Crippen LogP contribution in [-0.2, 0) is 23.8 Å². The van der Waals surface area contributed by atoms with Gasteiger partial charge in [0.25, 0.3) is 0 Å². The van der Waals surface area contributed by atoms with Gasteiger partial charge in [0, 0.05) is 36.8 Å². The van der Waals surface area contributed by atoms with Gasteiger partial charge in [0.2, 0.25) is 11.8 Å². The van der Waals surface area contributed by atoms with Crippen LogP contribution in [0.5, 0.6) is 0 Å². The number of rotatable bonds is 5. The number of anilines is 1. The Hall–Kier alpha value is -2.15. The molecule has 0 aliphatic carbocycles. The summed E-state index contributed by atoms with van der Waals surface area (Å²) in [5, 5.41) is 10.8. The van der Waals surface area contributed by atoms with Crippen LogP contribution in [0, 0.1) is 0 Å². The second-order valence-electron chi connectivity index (χ2n) is 6.57. The van der Waals surface area contributed by atoms with E-state index in [-0.39, 0.29) is 17.9 Å². The molecular weight excluding hydrogens is 282 g/mol. The molecule has 22 heavy (non-hydrogen) atoms. The lowest BCUT2D eigenvalue weighted by Gasteiger charge is -2.14. The van der Waals surface area contributed by atoms with E-state index in [4.69, 9.17) is 4.52 Å². The van der Waals surface area contributed by atoms with Gasteiger partial charge < -0.3 is 4.52 Å². The summed E-state index contributed by atoms with van der Waals surface area (Å²) in [5.41, 5.74) is 1.77. The first-order valence-electron chi connectivity index (χ1n) is 7.17. The van der Waals surface area contributed by atoms with Gasteiger partial charge in [-0.2, -0.15) is 5.10 Å². The van der Waals surface area contributed by atoms with Crippen LogP contribution in [-0.4, -0.2) is 39.3 Å². The highest BCUT2D eigenvalue weighted by molar-refractivity contribution is 5.90. The van der Waals surface area contributed by atoms with Gasteiger partial charge in [0.1, 0.15) is 0 Å². The molecule has 0 spiro atoms. The van der Waals surface area contributed by atoms with Crippen molar-refractivity contribution in [1.29, 1.82) is 0 Å². The molecule has 2 aromatic heterocycles. The summed E-state index contributed by atoms with van der Waals surface area (Å²) in [7, 11) is 3.75. The quantitative estimate of drug-likeness (QED) is 0.911. The topological polar surface area (TPSA) is 76.2 Å². The maximum atomic E-state index is 12.0. The second kappa shape index (κ2) is 6.31. The largest absolute Gasteiger partial charge is 0.338 e. The zero-order valence-corrected chi connectivity index (χ0v) is 13.8. The van der Waals surface area contributed by atoms with E-state index in [1.807, 2.05) is 46.0 Å². The summed E-state index contributed by atoms with van der Waals surface area (Å²) in [6.45, 7) is 7.04. The van der Waals surface area contributed by atoms with Gasteiger partial charge in [0.15, 0.2) is 0 Å². The van der Waals surface area contributed by atoms with Crippen molar-refractivity contribution in [3.63, 3.8) is 0 Å². The summed E-state index contributed by atoms with van der Waals surface area (Å²) < 4.78 is 6.89. The Morgan fingerprint density at radius 2 is 2.18 bits per heavy atom. The molecule has 2 aromatic rings. The van der Waals surface area contributed by atoms with E-state index in [1.165, 1.54) is 0 Å². The number of nitrogens with one attached hydrogen (secondary N) is 1. The van der Waals surface area contributed by atoms with Crippen LogP contribution in [0.1, 0.15) is 32.0 Å². The minimum absolute atomic E-state index is 0.108. The van der Waals surface area contributed by atoms with Crippen LogP contribution in [0.3, 0.4) is 0 Å². The van der Waals surface area contributed by atoms with Crippen molar-refractivity contribution in [2.45, 2.75) is 32.7 Å². The molecule has 0 bridgehead atoms. The number of carbonyl (C=O) groups is 1. The van der Waals surface area contributed by atoms with Gasteiger partial charge in [-0.3, -0.25) is 19.7 Å². The van der Waals surface area contributed by atoms with Gasteiger partial charge in [-0.1, -0.05) is 25.9 Å². The standard InChI is InChI=1S/C15H23N5O2/c1-15(2,3)12-6-14(22-18-12)17-13(21)10-19(4)8-11-7-16-20(5)9-11/h6-7,9H,8,10H2,1-5H3,(H,17,21). The van der Waals surface area contributed by atoms with Crippen LogP contribution in [0.4, 0.5) is 5.88 Å². The zero-order valence-electron chi connectivity index (χ0n) is 13.8. The molecule has 2 heterocycles. The number of carbonyl (C=O) groups excluding carboxylic acids is 1. The third-order valence-corrected chi connectivity index (χ3v) is 3.17. The lowest BCUT2D eigenvalue weighted by Crippen LogP contribution is -2.29. The summed E-state index contributed by atoms with van der Waals surface area (Å²) >= 11 is 0. The average Bonchev–Trinajstić information content (AvgIpc) is 2.97. The van der Waals surface area contributed by atoms with Crippen LogP contribution >= 0.6 is 0 Å². The number of hydrogen-bond donors (Lipinski definition) is 1. The molecule has 0 unspecified atom stereocenters. The van der Waals surface area contributed by atoms with E-state index in [1.54, 1.807) is 16.9 Å². The Labute approximate surface area is 130 Å². The second-order valence-corrected chi connectivity index (χ2v) is 6.57. The van der Waals surface area contributed by atoms with Gasteiger partial charge in [-0.15, -0.1) is 0 Å². The van der Waals surface area contributed by atoms with Crippen molar-refractivity contribution < 1.29 is 9.32 Å². The minimum atomic E-state index is -0.136. The van der Waals surface area contributed by atoms with E-state index in [0.717, 1.165) is 11.3 Å². The first kappa shape index (κ1) is 16.2. The molecule has 7 heteroatoms. The molecule has 0 saturated heterocycles. The van der Waals surface area contributed by atoms with Gasteiger partial charge in [-0.05, 0) is 7.05 Å². The zero-order chi connectivity index (χ0) is 16.3. The number of aryl methyl sites for hydroxylation is 1. The van der Waals surface area contributed by atoms with Crippen molar-refractivity contribution in [1.82, 2.24) is 19.8 Å². The number of nitrogens with zero attached hydrogens (tertiary/aromatic N) is 4. The third-order valence-electron chi connectivity index (χ3n) is 3.17. The molecule has 120 valence electrons. The van der Waals surface area contributed by atoms with Crippen molar-refractivity contribution in [3.8, 4) is 0 Å². The van der Waals surface area contributed by atoms with E-state index in [9.17, 15) is 4.79 Å². The van der Waals surface area contributed by atoms with Crippen LogP contribution in [0.25, 0.3) is 0 Å². The minimum Gasteiger partial charge on any atom is -0.338 e. The molecule has 0 saturated carbocycles. The molecule has 2 rings (SSSR count). The lowest BCUT2D eigenvalue weighted by atomic mass is 9.92. The Bertz CT molecular complexity index is 638. The lowest BCUT2D eigenvalue weighted by molar-refractivity contribution is -0.117. The van der Waals surface area contributed by atoms with Crippen molar-refractivity contribution in [2.24, 2.45) is 7.05 Å². The van der Waals surface area contributed by atoms with Crippen molar-refractivity contribution in [3.05, 3.63) is 29.7 Å². The van der Waals surface area contributed by atoms with E-state index < -0.39 is 0 Å². The molecule has 0 radical (unpaired) electrons. The van der Waals surface area contributed by atoms with Gasteiger partial charge in [0.05, 0.1) is 18.4 Å². The fourth-order valence-corrected chi connectivity index (χ4v) is 2.03. The predicted molar refractivity (Wildman–Crippen MR) is 83.4 cm³/mol. The normalized spacial score (nSPS) is 11.9. The third kappa shape index (κ3) is 4.42. The molecule has 0 atom stereocenters. The summed E-state index contributed by atoms with van der Waals surface area (Å²) in [6.07, 6.45) is 3.72. The van der Waals surface area contributed by atoms with E-state index in [2.05, 4.69) is 15.6 Å². The number of amides is 1. The fourth-order valence-electron chi connectivity index (χ4n) is 2.03. The number of hydrogen-bond acceptors (Lipinski definition) is 5. The van der Waals surface area contributed by atoms with E-state index in [0.29, 0.717) is 12.4 Å². The van der Waals surface area contributed by atoms with Gasteiger partial charge >= 0.3 is 0 Å². The monoisotopic (exact) mass is 305 g/mol. The molecule has 1 N–H and O–H groups in total. The Balaban J connectivity index is 1.86. The number of likely N-dealkylation sites (N-methyl/N-ethyl adjacent to an activating group) is 1. The average molecular weight is 305 g/mol. The molecular formula is C15H23N5O2. The van der Waals surface area contributed by atoms with Crippen molar-refractivity contribution >= 4 is 11.8 Å². The highest BCUT2D eigenvalue weighted by atomic mass is 16.5. The van der Waals surface area contributed by atoms with Crippen molar-refractivity contribution in [2.75, 3.05) is 18.9 Å². The Morgan fingerprint density at radius 3 is 2.73 bits per heavy atom. The first-order chi connectivity index (χ1) is 10.2. The molecule has 1 amide bonds. The summed E-state index contributed by atoms with van der Waals surface area (Å²) in [4.78, 5) is 13.9. The SMILES string of the molecule is CN(CC(=O)Nc1cc(C(C)(C)C)no1)Cc1cnn(C)c1. The summed E-state index contributed by atoms with van der Waals surface area (Å²) in [5.74, 6) is 0.243. The maximum absolute atomic E-state index is 12.0. The first-order valence-corrected chi connectivity index (χ1v) is 7.17. The fraction of sp³-hybridized carbons (Fsp3) is 0.533. The molecule has 0 aliphatic heterocycles. The Kier molecular flexibility index (Phi) is 4.65. The molecule has 0 fully saturated rings. The van der Waals surface area contributed by atoms with Crippen LogP contribution in [0.2, 0.25) is 0 Å². The molecule has 7 nitrogen and oxygen atoms in total. The predicted octanol–water partition coefficient (Wildman–Crippen LogP) is 1.78. The number of aromatic nitrogens is 3. The van der Waals surface area contributed by atoms with Crippen LogP contribution < -0.4 is 5.32 Å². The summed E-state index contributed by atoms with van der Waals surface area (Å²) in [6, 6.07) is 1.76.